The minimum atomic E-state index is -3.50. The van der Waals surface area contributed by atoms with Gasteiger partial charge in [-0.2, -0.15) is 4.31 Å². The molecule has 0 bridgehead atoms. The first-order valence-corrected chi connectivity index (χ1v) is 10.1. The minimum absolute atomic E-state index is 0.241. The van der Waals surface area contributed by atoms with E-state index in [1.807, 2.05) is 31.2 Å². The van der Waals surface area contributed by atoms with Crippen molar-refractivity contribution in [3.05, 3.63) is 65.7 Å². The van der Waals surface area contributed by atoms with Crippen LogP contribution in [0.2, 0.25) is 0 Å². The molecule has 0 aliphatic carbocycles. The van der Waals surface area contributed by atoms with Gasteiger partial charge in [-0.3, -0.25) is 4.79 Å². The second-order valence-corrected chi connectivity index (χ2v) is 8.22. The third kappa shape index (κ3) is 5.03. The zero-order chi connectivity index (χ0) is 19.3. The fourth-order valence-corrected chi connectivity index (χ4v) is 4.17. The first-order valence-electron chi connectivity index (χ1n) is 8.69. The molecule has 0 atom stereocenters. The van der Waals surface area contributed by atoms with Gasteiger partial charge in [0.25, 0.3) is 0 Å². The summed E-state index contributed by atoms with van der Waals surface area (Å²) in [6, 6.07) is 14.0. The third-order valence-corrected chi connectivity index (χ3v) is 6.11. The smallest absolute Gasteiger partial charge is 0.248 e. The number of carbonyl (C=O) groups is 1. The number of nitrogens with one attached hydrogen (secondary N) is 1. The van der Waals surface area contributed by atoms with E-state index in [1.165, 1.54) is 10.4 Å². The average Bonchev–Trinajstić information content (AvgIpc) is 2.67. The normalized spacial score (nSPS) is 15.7. The second kappa shape index (κ2) is 8.47. The number of morpholine rings is 1. The summed E-state index contributed by atoms with van der Waals surface area (Å²) >= 11 is 0. The largest absolute Gasteiger partial charge is 0.379 e. The maximum atomic E-state index is 12.6. The summed E-state index contributed by atoms with van der Waals surface area (Å²) in [5.74, 6) is -0.245. The Morgan fingerprint density at radius 3 is 2.48 bits per heavy atom. The lowest BCUT2D eigenvalue weighted by molar-refractivity contribution is -0.111. The van der Waals surface area contributed by atoms with Gasteiger partial charge < -0.3 is 10.1 Å². The van der Waals surface area contributed by atoms with Crippen LogP contribution in [0.4, 0.5) is 5.69 Å². The number of hydrogen-bond acceptors (Lipinski definition) is 4. The monoisotopic (exact) mass is 386 g/mol. The fourth-order valence-electron chi connectivity index (χ4n) is 2.77. The fraction of sp³-hybridized carbons (Fsp3) is 0.250. The van der Waals surface area contributed by atoms with Gasteiger partial charge in [-0.1, -0.05) is 24.3 Å². The number of carbonyl (C=O) groups excluding carboxylic acids is 1. The molecule has 2 aromatic carbocycles. The third-order valence-electron chi connectivity index (χ3n) is 4.20. The number of sulfonamides is 1. The van der Waals surface area contributed by atoms with Gasteiger partial charge in [0, 0.05) is 24.9 Å². The van der Waals surface area contributed by atoms with E-state index in [0.29, 0.717) is 26.3 Å². The molecule has 0 saturated carbocycles. The zero-order valence-electron chi connectivity index (χ0n) is 15.1. The van der Waals surface area contributed by atoms with Crippen LogP contribution < -0.4 is 5.32 Å². The molecule has 7 heteroatoms. The number of amides is 1. The molecule has 1 heterocycles. The lowest BCUT2D eigenvalue weighted by Crippen LogP contribution is -2.40. The molecule has 0 spiro atoms. The van der Waals surface area contributed by atoms with Crippen LogP contribution in [-0.2, 0) is 19.6 Å². The Hall–Kier alpha value is -2.48. The molecule has 3 rings (SSSR count). The lowest BCUT2D eigenvalue weighted by atomic mass is 10.2. The van der Waals surface area contributed by atoms with E-state index in [0.717, 1.165) is 16.8 Å². The van der Waals surface area contributed by atoms with Gasteiger partial charge in [-0.25, -0.2) is 8.42 Å². The molecular formula is C20H22N2O4S. The molecule has 0 unspecified atom stereocenters. The van der Waals surface area contributed by atoms with Crippen molar-refractivity contribution >= 4 is 27.7 Å². The number of ether oxygens (including phenoxy) is 1. The van der Waals surface area contributed by atoms with Crippen LogP contribution in [0.3, 0.4) is 0 Å². The molecule has 1 N–H and O–H groups in total. The number of hydrogen-bond donors (Lipinski definition) is 1. The Kier molecular flexibility index (Phi) is 6.05. The zero-order valence-corrected chi connectivity index (χ0v) is 15.9. The number of nitrogens with zero attached hydrogens (tertiary/aromatic N) is 1. The maximum absolute atomic E-state index is 12.6. The summed E-state index contributed by atoms with van der Waals surface area (Å²) in [7, 11) is -3.50. The molecule has 0 aromatic heterocycles. The number of benzene rings is 2. The van der Waals surface area contributed by atoms with E-state index >= 15 is 0 Å². The van der Waals surface area contributed by atoms with Crippen LogP contribution in [0.1, 0.15) is 11.1 Å². The quantitative estimate of drug-likeness (QED) is 0.802. The highest BCUT2D eigenvalue weighted by atomic mass is 32.2. The molecule has 1 saturated heterocycles. The summed E-state index contributed by atoms with van der Waals surface area (Å²) in [6.07, 6.45) is 3.07. The SMILES string of the molecule is Cc1cccc(NC(=O)/C=C/c2ccc(S(=O)(=O)N3CCOCC3)cc2)c1. The highest BCUT2D eigenvalue weighted by Crippen LogP contribution is 2.18. The summed E-state index contributed by atoms with van der Waals surface area (Å²) < 4.78 is 31.8. The van der Waals surface area contributed by atoms with E-state index in [4.69, 9.17) is 4.74 Å². The van der Waals surface area contributed by atoms with E-state index in [-0.39, 0.29) is 10.8 Å². The highest BCUT2D eigenvalue weighted by Gasteiger charge is 2.25. The predicted octanol–water partition coefficient (Wildman–Crippen LogP) is 2.67. The molecule has 2 aromatic rings. The molecule has 0 radical (unpaired) electrons. The first kappa shape index (κ1) is 19.3. The first-order chi connectivity index (χ1) is 12.9. The molecule has 142 valence electrons. The average molecular weight is 386 g/mol. The van der Waals surface area contributed by atoms with Gasteiger partial charge >= 0.3 is 0 Å². The van der Waals surface area contributed by atoms with Crippen molar-refractivity contribution in [3.63, 3.8) is 0 Å². The summed E-state index contributed by atoms with van der Waals surface area (Å²) in [6.45, 7) is 3.51. The summed E-state index contributed by atoms with van der Waals surface area (Å²) in [4.78, 5) is 12.3. The van der Waals surface area contributed by atoms with Gasteiger partial charge in [-0.05, 0) is 48.4 Å². The lowest BCUT2D eigenvalue weighted by Gasteiger charge is -2.26. The van der Waals surface area contributed by atoms with Gasteiger partial charge in [0.1, 0.15) is 0 Å². The van der Waals surface area contributed by atoms with Crippen molar-refractivity contribution in [3.8, 4) is 0 Å². The number of rotatable bonds is 5. The van der Waals surface area contributed by atoms with Crippen LogP contribution in [-0.4, -0.2) is 44.9 Å². The van der Waals surface area contributed by atoms with Crippen LogP contribution in [0, 0.1) is 6.92 Å². The van der Waals surface area contributed by atoms with Gasteiger partial charge in [0.05, 0.1) is 18.1 Å². The standard InChI is InChI=1S/C20H22N2O4S/c1-16-3-2-4-18(15-16)21-20(23)10-7-17-5-8-19(9-6-17)27(24,25)22-11-13-26-14-12-22/h2-10,15H,11-14H2,1H3,(H,21,23)/b10-7+. The molecule has 1 aliphatic heterocycles. The van der Waals surface area contributed by atoms with Crippen LogP contribution in [0.25, 0.3) is 6.08 Å². The Morgan fingerprint density at radius 1 is 1.11 bits per heavy atom. The van der Waals surface area contributed by atoms with Crippen LogP contribution in [0.15, 0.2) is 59.5 Å². The molecular weight excluding hydrogens is 364 g/mol. The summed E-state index contributed by atoms with van der Waals surface area (Å²) in [5.41, 5.74) is 2.54. The molecule has 1 fully saturated rings. The van der Waals surface area contributed by atoms with Crippen molar-refractivity contribution in [1.29, 1.82) is 0 Å². The van der Waals surface area contributed by atoms with Crippen LogP contribution in [0.5, 0.6) is 0 Å². The predicted molar refractivity (Wildman–Crippen MR) is 105 cm³/mol. The number of anilines is 1. The Bertz CT molecular complexity index is 931. The number of aryl methyl sites for hydroxylation is 1. The molecule has 1 amide bonds. The van der Waals surface area contributed by atoms with Crippen molar-refractivity contribution in [2.24, 2.45) is 0 Å². The van der Waals surface area contributed by atoms with Gasteiger partial charge in [0.2, 0.25) is 15.9 Å². The second-order valence-electron chi connectivity index (χ2n) is 6.28. The van der Waals surface area contributed by atoms with Crippen LogP contribution >= 0.6 is 0 Å². The Morgan fingerprint density at radius 2 is 1.81 bits per heavy atom. The Balaban J connectivity index is 1.64. The van der Waals surface area contributed by atoms with Crippen molar-refractivity contribution in [1.82, 2.24) is 4.31 Å². The summed E-state index contributed by atoms with van der Waals surface area (Å²) in [5, 5.41) is 2.79. The molecule has 6 nitrogen and oxygen atoms in total. The van der Waals surface area contributed by atoms with E-state index < -0.39 is 10.0 Å². The molecule has 1 aliphatic rings. The Labute approximate surface area is 159 Å². The van der Waals surface area contributed by atoms with E-state index in [2.05, 4.69) is 5.32 Å². The topological polar surface area (TPSA) is 75.7 Å². The van der Waals surface area contributed by atoms with E-state index in [9.17, 15) is 13.2 Å². The minimum Gasteiger partial charge on any atom is -0.379 e. The van der Waals surface area contributed by atoms with Crippen molar-refractivity contribution in [2.75, 3.05) is 31.6 Å². The van der Waals surface area contributed by atoms with Crippen molar-refractivity contribution < 1.29 is 17.9 Å². The molecule has 27 heavy (non-hydrogen) atoms. The highest BCUT2D eigenvalue weighted by molar-refractivity contribution is 7.89. The maximum Gasteiger partial charge on any atom is 0.248 e. The van der Waals surface area contributed by atoms with Gasteiger partial charge in [0.15, 0.2) is 0 Å². The van der Waals surface area contributed by atoms with Gasteiger partial charge in [-0.15, -0.1) is 0 Å². The van der Waals surface area contributed by atoms with E-state index in [1.54, 1.807) is 30.3 Å². The van der Waals surface area contributed by atoms with Crippen molar-refractivity contribution in [2.45, 2.75) is 11.8 Å².